The van der Waals surface area contributed by atoms with Gasteiger partial charge in [0.25, 0.3) is 0 Å². The number of rotatable bonds is 5. The Morgan fingerprint density at radius 3 is 2.15 bits per heavy atom. The molecule has 27 heavy (non-hydrogen) atoms. The molecule has 1 unspecified atom stereocenters. The third-order valence-electron chi connectivity index (χ3n) is 3.52. The van der Waals surface area contributed by atoms with E-state index in [1.807, 2.05) is 37.3 Å². The normalized spacial score (nSPS) is 13.7. The van der Waals surface area contributed by atoms with E-state index in [1.165, 1.54) is 16.4 Å². The number of amides is 1. The minimum absolute atomic E-state index is 0.0933. The number of benzene rings is 2. The molecule has 5 nitrogen and oxygen atoms in total. The van der Waals surface area contributed by atoms with Crippen LogP contribution in [-0.2, 0) is 20.2 Å². The molecule has 0 bridgehead atoms. The average molecular weight is 428 g/mol. The monoisotopic (exact) mass is 427 g/mol. The van der Waals surface area contributed by atoms with Crippen molar-refractivity contribution in [3.05, 3.63) is 65.7 Å². The second kappa shape index (κ2) is 8.58. The Hall–Kier alpha value is -1.64. The number of ether oxygens (including phenoxy) is 1. The summed E-state index contributed by atoms with van der Waals surface area (Å²) < 4.78 is 32.7. The molecule has 2 aromatic carbocycles. The Morgan fingerprint density at radius 1 is 1.07 bits per heavy atom. The molecule has 1 amide bonds. The van der Waals surface area contributed by atoms with Crippen molar-refractivity contribution in [2.24, 2.45) is 0 Å². The molecule has 0 radical (unpaired) electrons. The number of thiol groups is 2. The summed E-state index contributed by atoms with van der Waals surface area (Å²) >= 11 is 4.36. The lowest BCUT2D eigenvalue weighted by Crippen LogP contribution is -2.35. The number of nitrogens with zero attached hydrogens (tertiary/aromatic N) is 1. The van der Waals surface area contributed by atoms with Gasteiger partial charge in [-0.1, -0.05) is 48.0 Å². The standard InChI is InChI=1S/C19H25NO4S3/c1-15-10-12-17(13-11-15)27(22,23)26(25)20(18(21)24-19(2,3)4)14-16-8-6-5-7-9-16/h5-13,25-26H,14H2,1-4H3. The number of carbonyl (C=O) groups excluding carboxylic acids is 1. The molecule has 0 heterocycles. The highest BCUT2D eigenvalue weighted by Crippen LogP contribution is 2.47. The Labute approximate surface area is 168 Å². The number of aryl methyl sites for hydroxylation is 1. The first-order valence-corrected chi connectivity index (χ1v) is 12.9. The Morgan fingerprint density at radius 2 is 1.63 bits per heavy atom. The van der Waals surface area contributed by atoms with Crippen LogP contribution in [0.1, 0.15) is 31.9 Å². The lowest BCUT2D eigenvalue weighted by atomic mass is 10.2. The van der Waals surface area contributed by atoms with Crippen LogP contribution in [0.3, 0.4) is 0 Å². The fourth-order valence-corrected chi connectivity index (χ4v) is 6.93. The highest BCUT2D eigenvalue weighted by atomic mass is 33.5. The maximum atomic E-state index is 13.0. The summed E-state index contributed by atoms with van der Waals surface area (Å²) in [6.45, 7) is 7.18. The number of hydrogen-bond donors (Lipinski definition) is 2. The summed E-state index contributed by atoms with van der Waals surface area (Å²) in [6, 6.07) is 15.7. The molecular weight excluding hydrogens is 402 g/mol. The molecule has 0 saturated heterocycles. The predicted molar refractivity (Wildman–Crippen MR) is 115 cm³/mol. The van der Waals surface area contributed by atoms with Crippen molar-refractivity contribution in [1.29, 1.82) is 0 Å². The van der Waals surface area contributed by atoms with Gasteiger partial charge in [-0.3, -0.25) is 0 Å². The SMILES string of the molecule is Cc1ccc(S(=O)(=O)[SH](S)N(Cc2ccccc2)C(=O)OC(C)(C)C)cc1. The first-order chi connectivity index (χ1) is 12.5. The van der Waals surface area contributed by atoms with Crippen molar-refractivity contribution in [2.45, 2.75) is 44.7 Å². The summed E-state index contributed by atoms with van der Waals surface area (Å²) in [5, 5.41) is 0. The lowest BCUT2D eigenvalue weighted by Gasteiger charge is -2.32. The van der Waals surface area contributed by atoms with Gasteiger partial charge in [0.1, 0.15) is 5.60 Å². The molecule has 0 N–H and O–H groups in total. The zero-order chi connectivity index (χ0) is 20.2. The van der Waals surface area contributed by atoms with Gasteiger partial charge in [-0.2, -0.15) is 0 Å². The van der Waals surface area contributed by atoms with Crippen LogP contribution in [0.25, 0.3) is 0 Å². The highest BCUT2D eigenvalue weighted by molar-refractivity contribution is 9.10. The van der Waals surface area contributed by atoms with Crippen molar-refractivity contribution in [3.63, 3.8) is 0 Å². The van der Waals surface area contributed by atoms with Gasteiger partial charge in [-0.25, -0.2) is 17.5 Å². The third-order valence-corrected chi connectivity index (χ3v) is 10.6. The summed E-state index contributed by atoms with van der Waals surface area (Å²) in [5.41, 5.74) is 0.999. The molecule has 2 rings (SSSR count). The van der Waals surface area contributed by atoms with E-state index >= 15 is 0 Å². The third kappa shape index (κ3) is 5.92. The van der Waals surface area contributed by atoms with E-state index in [9.17, 15) is 13.2 Å². The summed E-state index contributed by atoms with van der Waals surface area (Å²) in [6.07, 6.45) is -0.705. The fraction of sp³-hybridized carbons (Fsp3) is 0.316. The molecule has 0 saturated carbocycles. The molecule has 0 fully saturated rings. The Balaban J connectivity index is 2.38. The molecule has 1 atom stereocenters. The first-order valence-electron chi connectivity index (χ1n) is 8.36. The molecule has 0 spiro atoms. The number of hydrogen-bond acceptors (Lipinski definition) is 5. The molecule has 148 valence electrons. The second-order valence-electron chi connectivity index (χ2n) is 7.06. The van der Waals surface area contributed by atoms with E-state index in [0.29, 0.717) is 0 Å². The van der Waals surface area contributed by atoms with E-state index in [4.69, 9.17) is 4.74 Å². The molecule has 0 aliphatic rings. The molecule has 0 aromatic heterocycles. The van der Waals surface area contributed by atoms with Crippen LogP contribution in [0.2, 0.25) is 0 Å². The zero-order valence-electron chi connectivity index (χ0n) is 15.8. The molecule has 2 aromatic rings. The van der Waals surface area contributed by atoms with Gasteiger partial charge in [0.15, 0.2) is 0 Å². The lowest BCUT2D eigenvalue weighted by molar-refractivity contribution is 0.0397. The summed E-state index contributed by atoms with van der Waals surface area (Å²) in [4.78, 5) is 12.9. The average Bonchev–Trinajstić information content (AvgIpc) is 2.58. The van der Waals surface area contributed by atoms with Crippen LogP contribution in [0.4, 0.5) is 4.79 Å². The van der Waals surface area contributed by atoms with E-state index in [-0.39, 0.29) is 11.4 Å². The van der Waals surface area contributed by atoms with Crippen LogP contribution in [0, 0.1) is 6.92 Å². The van der Waals surface area contributed by atoms with E-state index in [1.54, 1.807) is 32.9 Å². The smallest absolute Gasteiger partial charge is 0.420 e. The van der Waals surface area contributed by atoms with Gasteiger partial charge in [0, 0.05) is 0 Å². The second-order valence-corrected chi connectivity index (χ2v) is 13.9. The molecule has 0 aliphatic heterocycles. The topological polar surface area (TPSA) is 63.7 Å². The van der Waals surface area contributed by atoms with Gasteiger partial charge < -0.3 is 4.74 Å². The van der Waals surface area contributed by atoms with Gasteiger partial charge in [0.2, 0.25) is 8.87 Å². The fourth-order valence-electron chi connectivity index (χ4n) is 2.20. The predicted octanol–water partition coefficient (Wildman–Crippen LogP) is 4.88. The van der Waals surface area contributed by atoms with Crippen molar-refractivity contribution in [3.8, 4) is 0 Å². The van der Waals surface area contributed by atoms with Crippen LogP contribution < -0.4 is 0 Å². The Bertz CT molecular complexity index is 875. The van der Waals surface area contributed by atoms with E-state index < -0.39 is 29.7 Å². The largest absolute Gasteiger partial charge is 0.443 e. The Kier molecular flexibility index (Phi) is 6.88. The maximum absolute atomic E-state index is 13.0. The van der Waals surface area contributed by atoms with E-state index in [0.717, 1.165) is 11.1 Å². The van der Waals surface area contributed by atoms with Gasteiger partial charge in [-0.05, 0) is 54.5 Å². The minimum atomic E-state index is -3.82. The summed E-state index contributed by atoms with van der Waals surface area (Å²) in [7, 11) is -5.99. The minimum Gasteiger partial charge on any atom is -0.443 e. The van der Waals surface area contributed by atoms with Crippen LogP contribution in [-0.4, -0.2) is 24.4 Å². The van der Waals surface area contributed by atoms with Crippen LogP contribution >= 0.6 is 20.8 Å². The van der Waals surface area contributed by atoms with Crippen LogP contribution in [0.5, 0.6) is 0 Å². The van der Waals surface area contributed by atoms with Crippen molar-refractivity contribution in [2.75, 3.05) is 0 Å². The van der Waals surface area contributed by atoms with Crippen molar-refractivity contribution >= 4 is 35.8 Å². The van der Waals surface area contributed by atoms with Gasteiger partial charge in [-0.15, -0.1) is 11.7 Å². The van der Waals surface area contributed by atoms with Gasteiger partial charge >= 0.3 is 6.09 Å². The van der Waals surface area contributed by atoms with E-state index in [2.05, 4.69) is 11.7 Å². The highest BCUT2D eigenvalue weighted by Gasteiger charge is 2.33. The molecule has 8 heteroatoms. The molecule has 0 aliphatic carbocycles. The molecular formula is C19H25NO4S3. The quantitative estimate of drug-likeness (QED) is 0.527. The maximum Gasteiger partial charge on any atom is 0.420 e. The summed E-state index contributed by atoms with van der Waals surface area (Å²) in [5.74, 6) is 0. The first kappa shape index (κ1) is 21.7. The van der Waals surface area contributed by atoms with Crippen molar-refractivity contribution < 1.29 is 17.9 Å². The van der Waals surface area contributed by atoms with Gasteiger partial charge in [0.05, 0.1) is 11.4 Å². The zero-order valence-corrected chi connectivity index (χ0v) is 18.4. The van der Waals surface area contributed by atoms with Crippen LogP contribution in [0.15, 0.2) is 59.5 Å². The number of carbonyl (C=O) groups is 1. The van der Waals surface area contributed by atoms with Crippen molar-refractivity contribution in [1.82, 2.24) is 4.31 Å².